The summed E-state index contributed by atoms with van der Waals surface area (Å²) < 4.78 is 3.80. The van der Waals surface area contributed by atoms with Gasteiger partial charge in [0, 0.05) is 0 Å². The van der Waals surface area contributed by atoms with Crippen LogP contribution < -0.4 is 0 Å². The second-order valence-electron chi connectivity index (χ2n) is 8.99. The first kappa shape index (κ1) is 26.0. The minimum absolute atomic E-state index is 0.517. The van der Waals surface area contributed by atoms with E-state index in [-0.39, 0.29) is 0 Å². The molecule has 6 rings (SSSR count). The van der Waals surface area contributed by atoms with Crippen LogP contribution in [0, 0.1) is 13.8 Å². The normalized spacial score (nSPS) is 11.4. The van der Waals surface area contributed by atoms with Gasteiger partial charge in [0.1, 0.15) is 10.1 Å². The lowest BCUT2D eigenvalue weighted by atomic mass is 10.2. The molecule has 40 heavy (non-hydrogen) atoms. The highest BCUT2D eigenvalue weighted by Crippen LogP contribution is 2.45. The van der Waals surface area contributed by atoms with Crippen LogP contribution in [0.2, 0.25) is 0 Å². The first-order chi connectivity index (χ1) is 19.5. The molecule has 0 unspecified atom stereocenters. The summed E-state index contributed by atoms with van der Waals surface area (Å²) in [6.45, 7) is 9.33. The van der Waals surface area contributed by atoms with Crippen LogP contribution in [0.5, 0.6) is 0 Å². The molecule has 0 saturated heterocycles. The van der Waals surface area contributed by atoms with Crippen molar-refractivity contribution in [1.29, 1.82) is 0 Å². The molecule has 0 N–H and O–H groups in total. The summed E-state index contributed by atoms with van der Waals surface area (Å²) >= 11 is 0. The first-order valence-electron chi connectivity index (χ1n) is 12.7. The number of hydrogen-bond donors (Lipinski definition) is 0. The number of aromatic nitrogens is 12. The Hall–Kier alpha value is -4.30. The van der Waals surface area contributed by atoms with Gasteiger partial charge in [-0.3, -0.25) is 0 Å². The van der Waals surface area contributed by atoms with Crippen molar-refractivity contribution in [3.05, 3.63) is 72.1 Å². The number of hydrogen-bond acceptors (Lipinski definition) is 10. The highest BCUT2D eigenvalue weighted by Gasteiger charge is 2.23. The summed E-state index contributed by atoms with van der Waals surface area (Å²) in [6.07, 6.45) is 3.57. The molecule has 0 aliphatic heterocycles. The zero-order chi connectivity index (χ0) is 27.6. The Morgan fingerprint density at radius 1 is 0.600 bits per heavy atom. The summed E-state index contributed by atoms with van der Waals surface area (Å²) in [7, 11) is 3.08. The number of benzene rings is 2. The van der Waals surface area contributed by atoms with Gasteiger partial charge in [0.2, 0.25) is 11.6 Å². The van der Waals surface area contributed by atoms with Gasteiger partial charge < -0.3 is 0 Å². The molecule has 0 aliphatic carbocycles. The van der Waals surface area contributed by atoms with E-state index in [0.29, 0.717) is 24.7 Å². The Bertz CT molecular complexity index is 1620. The molecule has 6 aromatic rings. The average Bonchev–Trinajstić information content (AvgIpc) is 3.78. The second kappa shape index (κ2) is 11.1. The first-order valence-corrected chi connectivity index (χ1v) is 14.9. The standard InChI is InChI=1S/C26H26N12S2/c1-5-35-31-23(29-33-35)21-15-27-37(19-11-7-17(3)8-12-19)25(21)39-40-26-22(24-30-34-36(6-2)32-24)16-28-38(26)20-13-9-18(4)10-14-20/h7-16H,5-6H2,1-4H3. The van der Waals surface area contributed by atoms with Crippen LogP contribution >= 0.6 is 21.6 Å². The van der Waals surface area contributed by atoms with Crippen LogP contribution in [-0.2, 0) is 13.1 Å². The van der Waals surface area contributed by atoms with Crippen molar-refractivity contribution in [2.24, 2.45) is 0 Å². The summed E-state index contributed by atoms with van der Waals surface area (Å²) in [5, 5.41) is 37.2. The van der Waals surface area contributed by atoms with Crippen molar-refractivity contribution < 1.29 is 0 Å². The van der Waals surface area contributed by atoms with Crippen LogP contribution in [0.4, 0.5) is 0 Å². The van der Waals surface area contributed by atoms with E-state index in [4.69, 9.17) is 10.2 Å². The molecule has 14 heteroatoms. The molecule has 0 saturated carbocycles. The number of tetrazole rings is 2. The quantitative estimate of drug-likeness (QED) is 0.224. The largest absolute Gasteiger partial charge is 0.226 e. The van der Waals surface area contributed by atoms with Gasteiger partial charge in [-0.1, -0.05) is 35.4 Å². The summed E-state index contributed by atoms with van der Waals surface area (Å²) in [4.78, 5) is 3.13. The van der Waals surface area contributed by atoms with Crippen LogP contribution in [0.25, 0.3) is 34.2 Å². The fourth-order valence-corrected chi connectivity index (χ4v) is 6.44. The maximum absolute atomic E-state index is 4.72. The van der Waals surface area contributed by atoms with Gasteiger partial charge in [-0.15, -0.1) is 20.4 Å². The summed E-state index contributed by atoms with van der Waals surface area (Å²) in [6, 6.07) is 16.5. The van der Waals surface area contributed by atoms with E-state index in [9.17, 15) is 0 Å². The highest BCUT2D eigenvalue weighted by atomic mass is 33.1. The van der Waals surface area contributed by atoms with Gasteiger partial charge >= 0.3 is 0 Å². The maximum Gasteiger partial charge on any atom is 0.209 e. The molecule has 0 atom stereocenters. The molecule has 0 spiro atoms. The van der Waals surface area contributed by atoms with Gasteiger partial charge in [-0.05, 0) is 84.0 Å². The molecule has 4 heterocycles. The molecule has 202 valence electrons. The fraction of sp³-hybridized carbons (Fsp3) is 0.231. The SMILES string of the molecule is CCn1nnc(-c2cnn(-c3ccc(C)cc3)c2SSc2c(-c3nnn(CC)n3)cnn2-c2ccc(C)cc2)n1. The van der Waals surface area contributed by atoms with Crippen LogP contribution in [0.3, 0.4) is 0 Å². The third-order valence-corrected chi connectivity index (χ3v) is 8.54. The van der Waals surface area contributed by atoms with E-state index < -0.39 is 0 Å². The Labute approximate surface area is 238 Å². The van der Waals surface area contributed by atoms with Gasteiger partial charge in [0.15, 0.2) is 0 Å². The topological polar surface area (TPSA) is 123 Å². The van der Waals surface area contributed by atoms with Crippen molar-refractivity contribution in [3.8, 4) is 34.2 Å². The van der Waals surface area contributed by atoms with Gasteiger partial charge in [0.25, 0.3) is 0 Å². The fourth-order valence-electron chi connectivity index (χ4n) is 3.93. The number of nitrogens with zero attached hydrogens (tertiary/aromatic N) is 12. The monoisotopic (exact) mass is 570 g/mol. The van der Waals surface area contributed by atoms with E-state index in [2.05, 4.69) is 68.9 Å². The van der Waals surface area contributed by atoms with Crippen molar-refractivity contribution in [3.63, 3.8) is 0 Å². The average molecular weight is 571 g/mol. The molecule has 0 bridgehead atoms. The lowest BCUT2D eigenvalue weighted by molar-refractivity contribution is 0.552. The van der Waals surface area contributed by atoms with E-state index in [0.717, 1.165) is 32.6 Å². The molecular formula is C26H26N12S2. The lowest BCUT2D eigenvalue weighted by Crippen LogP contribution is -2.00. The van der Waals surface area contributed by atoms with Gasteiger partial charge in [0.05, 0.1) is 48.0 Å². The molecule has 2 aromatic carbocycles. The molecular weight excluding hydrogens is 545 g/mol. The molecule has 4 aromatic heterocycles. The second-order valence-corrected chi connectivity index (χ2v) is 11.1. The van der Waals surface area contributed by atoms with Gasteiger partial charge in [-0.25, -0.2) is 9.36 Å². The summed E-state index contributed by atoms with van der Waals surface area (Å²) in [5.41, 5.74) is 5.79. The smallest absolute Gasteiger partial charge is 0.209 e. The Morgan fingerprint density at radius 3 is 1.35 bits per heavy atom. The molecule has 0 radical (unpaired) electrons. The summed E-state index contributed by atoms with van der Waals surface area (Å²) in [5.74, 6) is 1.03. The zero-order valence-electron chi connectivity index (χ0n) is 22.4. The van der Waals surface area contributed by atoms with Crippen molar-refractivity contribution in [1.82, 2.24) is 60.0 Å². The Balaban J connectivity index is 1.44. The van der Waals surface area contributed by atoms with Crippen molar-refractivity contribution in [2.45, 2.75) is 50.8 Å². The van der Waals surface area contributed by atoms with E-state index >= 15 is 0 Å². The molecule has 0 amide bonds. The third kappa shape index (κ3) is 5.02. The van der Waals surface area contributed by atoms with E-state index in [1.54, 1.807) is 22.0 Å². The van der Waals surface area contributed by atoms with Crippen LogP contribution in [0.1, 0.15) is 25.0 Å². The van der Waals surface area contributed by atoms with Crippen LogP contribution in [0.15, 0.2) is 71.0 Å². The van der Waals surface area contributed by atoms with E-state index in [1.165, 1.54) is 32.7 Å². The zero-order valence-corrected chi connectivity index (χ0v) is 24.0. The number of aryl methyl sites for hydroxylation is 4. The highest BCUT2D eigenvalue weighted by molar-refractivity contribution is 8.76. The lowest BCUT2D eigenvalue weighted by Gasteiger charge is -2.11. The predicted octanol–water partition coefficient (Wildman–Crippen LogP) is 4.82. The Morgan fingerprint density at radius 2 is 1.00 bits per heavy atom. The third-order valence-electron chi connectivity index (χ3n) is 6.16. The Kier molecular flexibility index (Phi) is 7.17. The van der Waals surface area contributed by atoms with Crippen molar-refractivity contribution in [2.75, 3.05) is 0 Å². The van der Waals surface area contributed by atoms with Crippen LogP contribution in [-0.4, -0.2) is 60.0 Å². The van der Waals surface area contributed by atoms with Gasteiger partial charge in [-0.2, -0.15) is 19.8 Å². The minimum atomic E-state index is 0.517. The molecule has 0 fully saturated rings. The maximum atomic E-state index is 4.72. The predicted molar refractivity (Wildman–Crippen MR) is 153 cm³/mol. The molecule has 12 nitrogen and oxygen atoms in total. The van der Waals surface area contributed by atoms with Crippen molar-refractivity contribution >= 4 is 21.6 Å². The molecule has 0 aliphatic rings. The van der Waals surface area contributed by atoms with E-state index in [1.807, 2.05) is 47.5 Å². The minimum Gasteiger partial charge on any atom is -0.226 e. The number of rotatable bonds is 9.